The number of rotatable bonds is 10. The molecule has 2 aromatic carbocycles. The molecule has 10 heteroatoms. The molecule has 202 valence electrons. The molecule has 39 heavy (non-hydrogen) atoms. The first-order valence-electron chi connectivity index (χ1n) is 12.9. The zero-order chi connectivity index (χ0) is 27.5. The third-order valence-electron chi connectivity index (χ3n) is 6.42. The molecule has 1 aliphatic rings. The van der Waals surface area contributed by atoms with E-state index >= 15 is 0 Å². The molecular weight excluding hydrogens is 494 g/mol. The maximum absolute atomic E-state index is 13.3. The number of nitriles is 1. The molecule has 4 rings (SSSR count). The average Bonchev–Trinajstić information content (AvgIpc) is 2.96. The van der Waals surface area contributed by atoms with Crippen molar-refractivity contribution >= 4 is 29.0 Å². The normalized spacial score (nSPS) is 13.3. The fourth-order valence-corrected chi connectivity index (χ4v) is 4.23. The van der Waals surface area contributed by atoms with Gasteiger partial charge in [0.25, 0.3) is 5.91 Å². The number of para-hydroxylation sites is 2. The van der Waals surface area contributed by atoms with Crippen LogP contribution in [0.2, 0.25) is 0 Å². The van der Waals surface area contributed by atoms with Gasteiger partial charge in [0.15, 0.2) is 0 Å². The Labute approximate surface area is 228 Å². The first-order chi connectivity index (χ1) is 19.0. The zero-order valence-corrected chi connectivity index (χ0v) is 21.8. The number of urea groups is 1. The van der Waals surface area contributed by atoms with Gasteiger partial charge < -0.3 is 26.0 Å². The number of nitrogens with zero attached hydrogens (tertiary/aromatic N) is 4. The number of carbonyl (C=O) groups is 2. The van der Waals surface area contributed by atoms with Crippen molar-refractivity contribution in [1.82, 2.24) is 14.8 Å². The summed E-state index contributed by atoms with van der Waals surface area (Å²) in [4.78, 5) is 34.3. The highest BCUT2D eigenvalue weighted by Crippen LogP contribution is 2.18. The standard InChI is InChI=1S/C29H33N7O3/c30-13-12-22-6-9-24(10-7-22)33-29(38)36(15-3-14-35-16-18-39-19-17-35)21-23-8-11-27(32-20-23)28(37)34-26-5-2-1-4-25(26)31/h1-2,4-11,20H,3,12,14-19,21,31H2,(H,33,38)(H,34,37). The highest BCUT2D eigenvalue weighted by atomic mass is 16.5. The Hall–Kier alpha value is -4.46. The van der Waals surface area contributed by atoms with Gasteiger partial charge in [-0.05, 0) is 47.9 Å². The van der Waals surface area contributed by atoms with Crippen LogP contribution in [0, 0.1) is 11.3 Å². The van der Waals surface area contributed by atoms with E-state index in [-0.39, 0.29) is 17.6 Å². The lowest BCUT2D eigenvalue weighted by atomic mass is 10.1. The van der Waals surface area contributed by atoms with E-state index in [1.807, 2.05) is 12.1 Å². The van der Waals surface area contributed by atoms with Crippen LogP contribution in [0.1, 0.15) is 28.0 Å². The lowest BCUT2D eigenvalue weighted by Gasteiger charge is -2.28. The molecule has 1 aliphatic heterocycles. The minimum Gasteiger partial charge on any atom is -0.397 e. The summed E-state index contributed by atoms with van der Waals surface area (Å²) >= 11 is 0. The highest BCUT2D eigenvalue weighted by molar-refractivity contribution is 6.04. The number of amides is 3. The number of anilines is 3. The first kappa shape index (κ1) is 27.6. The predicted molar refractivity (Wildman–Crippen MR) is 150 cm³/mol. The van der Waals surface area contributed by atoms with Gasteiger partial charge in [-0.15, -0.1) is 0 Å². The summed E-state index contributed by atoms with van der Waals surface area (Å²) in [6.07, 6.45) is 2.74. The molecule has 3 aromatic rings. The summed E-state index contributed by atoms with van der Waals surface area (Å²) in [6.45, 7) is 5.00. The van der Waals surface area contributed by atoms with Crippen LogP contribution >= 0.6 is 0 Å². The Morgan fingerprint density at radius 1 is 1.03 bits per heavy atom. The molecule has 4 N–H and O–H groups in total. The highest BCUT2D eigenvalue weighted by Gasteiger charge is 2.17. The molecule has 0 aliphatic carbocycles. The molecule has 1 saturated heterocycles. The first-order valence-corrected chi connectivity index (χ1v) is 12.9. The maximum atomic E-state index is 13.3. The predicted octanol–water partition coefficient (Wildman–Crippen LogP) is 3.74. The summed E-state index contributed by atoms with van der Waals surface area (Å²) < 4.78 is 5.42. The molecule has 1 aromatic heterocycles. The number of nitrogens with one attached hydrogen (secondary N) is 2. The number of carbonyl (C=O) groups excluding carboxylic acids is 2. The van der Waals surface area contributed by atoms with E-state index in [4.69, 9.17) is 15.7 Å². The second kappa shape index (κ2) is 13.9. The quantitative estimate of drug-likeness (QED) is 0.342. The lowest BCUT2D eigenvalue weighted by Crippen LogP contribution is -2.40. The van der Waals surface area contributed by atoms with Gasteiger partial charge in [0.2, 0.25) is 0 Å². The van der Waals surface area contributed by atoms with E-state index in [0.717, 1.165) is 50.4 Å². The second-order valence-corrected chi connectivity index (χ2v) is 9.28. The van der Waals surface area contributed by atoms with Crippen molar-refractivity contribution in [3.05, 3.63) is 83.7 Å². The summed E-state index contributed by atoms with van der Waals surface area (Å²) in [5.74, 6) is -0.362. The molecule has 0 radical (unpaired) electrons. The Balaban J connectivity index is 1.40. The van der Waals surface area contributed by atoms with Gasteiger partial charge in [-0.25, -0.2) is 4.79 Å². The minimum absolute atomic E-state index is 0.230. The lowest BCUT2D eigenvalue weighted by molar-refractivity contribution is 0.0365. The average molecular weight is 528 g/mol. The van der Waals surface area contributed by atoms with E-state index in [0.29, 0.717) is 36.6 Å². The van der Waals surface area contributed by atoms with Gasteiger partial charge in [0.1, 0.15) is 5.69 Å². The van der Waals surface area contributed by atoms with Crippen LogP contribution in [-0.2, 0) is 17.7 Å². The molecule has 0 bridgehead atoms. The van der Waals surface area contributed by atoms with Crippen LogP contribution in [0.15, 0.2) is 66.9 Å². The van der Waals surface area contributed by atoms with Crippen molar-refractivity contribution in [2.45, 2.75) is 19.4 Å². The second-order valence-electron chi connectivity index (χ2n) is 9.28. The molecule has 0 atom stereocenters. The third kappa shape index (κ3) is 8.26. The van der Waals surface area contributed by atoms with Crippen LogP contribution in [0.25, 0.3) is 0 Å². The van der Waals surface area contributed by atoms with Crippen molar-refractivity contribution < 1.29 is 14.3 Å². The molecule has 1 fully saturated rings. The largest absolute Gasteiger partial charge is 0.397 e. The summed E-state index contributed by atoms with van der Waals surface area (Å²) in [5.41, 5.74) is 9.52. The Morgan fingerprint density at radius 3 is 2.46 bits per heavy atom. The van der Waals surface area contributed by atoms with Crippen molar-refractivity contribution in [2.24, 2.45) is 0 Å². The summed E-state index contributed by atoms with van der Waals surface area (Å²) in [5, 5.41) is 14.6. The number of hydrogen-bond acceptors (Lipinski definition) is 7. The molecule has 0 unspecified atom stereocenters. The van der Waals surface area contributed by atoms with E-state index < -0.39 is 0 Å². The van der Waals surface area contributed by atoms with Crippen molar-refractivity contribution in [3.8, 4) is 6.07 Å². The van der Waals surface area contributed by atoms with Gasteiger partial charge in [0.05, 0.1) is 37.1 Å². The van der Waals surface area contributed by atoms with Gasteiger partial charge in [-0.1, -0.05) is 30.3 Å². The van der Waals surface area contributed by atoms with Gasteiger partial charge in [-0.3, -0.25) is 14.7 Å². The van der Waals surface area contributed by atoms with Crippen LogP contribution in [0.4, 0.5) is 21.9 Å². The van der Waals surface area contributed by atoms with Crippen LogP contribution < -0.4 is 16.4 Å². The molecule has 10 nitrogen and oxygen atoms in total. The molecule has 2 heterocycles. The third-order valence-corrected chi connectivity index (χ3v) is 6.42. The van der Waals surface area contributed by atoms with Crippen LogP contribution in [0.5, 0.6) is 0 Å². The number of benzene rings is 2. The van der Waals surface area contributed by atoms with Gasteiger partial charge in [0, 0.05) is 44.6 Å². The van der Waals surface area contributed by atoms with Crippen molar-refractivity contribution in [2.75, 3.05) is 55.8 Å². The molecule has 0 spiro atoms. The number of nitrogens with two attached hydrogens (primary N) is 1. The topological polar surface area (TPSA) is 137 Å². The number of nitrogen functional groups attached to an aromatic ring is 1. The van der Waals surface area contributed by atoms with E-state index in [1.54, 1.807) is 59.6 Å². The fourth-order valence-electron chi connectivity index (χ4n) is 4.23. The maximum Gasteiger partial charge on any atom is 0.322 e. The van der Waals surface area contributed by atoms with Crippen molar-refractivity contribution in [3.63, 3.8) is 0 Å². The molecular formula is C29H33N7O3. The number of ether oxygens (including phenoxy) is 1. The van der Waals surface area contributed by atoms with Crippen LogP contribution in [0.3, 0.4) is 0 Å². The minimum atomic E-state index is -0.362. The smallest absolute Gasteiger partial charge is 0.322 e. The van der Waals surface area contributed by atoms with Gasteiger partial charge >= 0.3 is 6.03 Å². The zero-order valence-electron chi connectivity index (χ0n) is 21.8. The Kier molecular flexibility index (Phi) is 9.83. The van der Waals surface area contributed by atoms with E-state index in [1.165, 1.54) is 0 Å². The number of aromatic nitrogens is 1. The molecule has 3 amide bonds. The van der Waals surface area contributed by atoms with Gasteiger partial charge in [-0.2, -0.15) is 5.26 Å². The number of pyridine rings is 1. The Morgan fingerprint density at radius 2 is 1.77 bits per heavy atom. The fraction of sp³-hybridized carbons (Fsp3) is 0.310. The SMILES string of the molecule is N#CCc1ccc(NC(=O)N(CCCN2CCOCC2)Cc2ccc(C(=O)Nc3ccccc3N)nc2)cc1. The molecule has 0 saturated carbocycles. The monoisotopic (exact) mass is 527 g/mol. The van der Waals surface area contributed by atoms with Crippen molar-refractivity contribution in [1.29, 1.82) is 5.26 Å². The Bertz CT molecular complexity index is 1280. The van der Waals surface area contributed by atoms with Crippen LogP contribution in [-0.4, -0.2) is 66.1 Å². The number of morpholine rings is 1. The number of hydrogen-bond donors (Lipinski definition) is 3. The van der Waals surface area contributed by atoms with E-state index in [2.05, 4.69) is 26.6 Å². The summed E-state index contributed by atoms with van der Waals surface area (Å²) in [7, 11) is 0. The summed E-state index contributed by atoms with van der Waals surface area (Å²) in [6, 6.07) is 19.6. The van der Waals surface area contributed by atoms with E-state index in [9.17, 15) is 9.59 Å².